The van der Waals surface area contributed by atoms with Crippen molar-refractivity contribution in [1.29, 1.82) is 0 Å². The van der Waals surface area contributed by atoms with Gasteiger partial charge in [0.1, 0.15) is 6.10 Å². The van der Waals surface area contributed by atoms with Crippen LogP contribution in [0.3, 0.4) is 0 Å². The summed E-state index contributed by atoms with van der Waals surface area (Å²) >= 11 is 0. The second-order valence-electron chi connectivity index (χ2n) is 3.89. The van der Waals surface area contributed by atoms with E-state index in [-0.39, 0.29) is 0 Å². The molecule has 1 N–H and O–H groups in total. The van der Waals surface area contributed by atoms with Gasteiger partial charge in [0, 0.05) is 13.7 Å². The van der Waals surface area contributed by atoms with Gasteiger partial charge in [-0.2, -0.15) is 0 Å². The highest BCUT2D eigenvalue weighted by atomic mass is 16.5. The molecule has 0 saturated heterocycles. The second-order valence-corrected chi connectivity index (χ2v) is 3.89. The molecule has 1 rings (SSSR count). The van der Waals surface area contributed by atoms with Gasteiger partial charge >= 0.3 is 0 Å². The van der Waals surface area contributed by atoms with Gasteiger partial charge < -0.3 is 9.84 Å². The normalized spacial score (nSPS) is 14.1. The number of aryl methyl sites for hydroxylation is 1. The fourth-order valence-electron chi connectivity index (χ4n) is 2.02. The maximum atomic E-state index is 10.4. The van der Waals surface area contributed by atoms with Gasteiger partial charge in [-0.05, 0) is 19.8 Å². The lowest BCUT2D eigenvalue weighted by Gasteiger charge is -2.35. The van der Waals surface area contributed by atoms with E-state index < -0.39 is 11.7 Å². The van der Waals surface area contributed by atoms with Crippen LogP contribution in [0.15, 0.2) is 6.20 Å². The Morgan fingerprint density at radius 1 is 1.44 bits per heavy atom. The molecule has 0 bridgehead atoms. The molecule has 16 heavy (non-hydrogen) atoms. The molecule has 1 atom stereocenters. The van der Waals surface area contributed by atoms with Crippen molar-refractivity contribution in [3.8, 4) is 0 Å². The lowest BCUT2D eigenvalue weighted by Crippen LogP contribution is -2.39. The number of aliphatic hydroxyl groups excluding tert-OH is 1. The van der Waals surface area contributed by atoms with Gasteiger partial charge in [0.25, 0.3) is 0 Å². The number of ether oxygens (including phenoxy) is 1. The Labute approximate surface area is 96.4 Å². The Balaban J connectivity index is 2.99. The van der Waals surface area contributed by atoms with Crippen molar-refractivity contribution in [3.05, 3.63) is 11.9 Å². The largest absolute Gasteiger partial charge is 0.384 e. The molecule has 1 heterocycles. The van der Waals surface area contributed by atoms with Crippen molar-refractivity contribution < 1.29 is 9.84 Å². The molecule has 92 valence electrons. The average Bonchev–Trinajstić information content (AvgIpc) is 2.71. The molecule has 0 aliphatic heterocycles. The maximum Gasteiger partial charge on any atom is 0.126 e. The van der Waals surface area contributed by atoms with Gasteiger partial charge in [0.15, 0.2) is 0 Å². The first-order valence-electron chi connectivity index (χ1n) is 5.77. The summed E-state index contributed by atoms with van der Waals surface area (Å²) in [7, 11) is 1.77. The van der Waals surface area contributed by atoms with Crippen LogP contribution < -0.4 is 0 Å². The Morgan fingerprint density at radius 2 is 2.06 bits per heavy atom. The first kappa shape index (κ1) is 13.1. The third-order valence-electron chi connectivity index (χ3n) is 3.16. The van der Waals surface area contributed by atoms with Crippen LogP contribution in [-0.4, -0.2) is 32.3 Å². The van der Waals surface area contributed by atoms with E-state index in [9.17, 15) is 5.11 Å². The van der Waals surface area contributed by atoms with Crippen LogP contribution in [0.25, 0.3) is 0 Å². The first-order chi connectivity index (χ1) is 7.61. The van der Waals surface area contributed by atoms with E-state index in [2.05, 4.69) is 10.3 Å². The number of rotatable bonds is 6. The van der Waals surface area contributed by atoms with Crippen LogP contribution in [0.5, 0.6) is 0 Å². The molecule has 0 fully saturated rings. The van der Waals surface area contributed by atoms with Gasteiger partial charge in [-0.3, -0.25) is 0 Å². The summed E-state index contributed by atoms with van der Waals surface area (Å²) in [5.74, 6) is 0. The van der Waals surface area contributed by atoms with Gasteiger partial charge in [-0.15, -0.1) is 5.10 Å². The molecule has 0 spiro atoms. The fourth-order valence-corrected chi connectivity index (χ4v) is 2.02. The van der Waals surface area contributed by atoms with Crippen LogP contribution in [0.4, 0.5) is 0 Å². The van der Waals surface area contributed by atoms with Gasteiger partial charge in [-0.1, -0.05) is 19.1 Å². The molecule has 0 aliphatic carbocycles. The SMILES string of the molecule is CCOC(CC)(CC)C(O)c1cnnn1C. The number of nitrogens with zero attached hydrogens (tertiary/aromatic N) is 3. The monoisotopic (exact) mass is 227 g/mol. The smallest absolute Gasteiger partial charge is 0.126 e. The highest BCUT2D eigenvalue weighted by Crippen LogP contribution is 2.34. The van der Waals surface area contributed by atoms with E-state index in [4.69, 9.17) is 4.74 Å². The fraction of sp³-hybridized carbons (Fsp3) is 0.818. The zero-order chi connectivity index (χ0) is 12.2. The highest BCUT2D eigenvalue weighted by Gasteiger charge is 2.38. The van der Waals surface area contributed by atoms with Gasteiger partial charge in [-0.25, -0.2) is 4.68 Å². The molecule has 1 aromatic rings. The number of hydrogen-bond acceptors (Lipinski definition) is 4. The summed E-state index contributed by atoms with van der Waals surface area (Å²) in [4.78, 5) is 0. The van der Waals surface area contributed by atoms with E-state index in [0.29, 0.717) is 12.3 Å². The minimum absolute atomic E-state index is 0.537. The van der Waals surface area contributed by atoms with Crippen LogP contribution in [0.1, 0.15) is 45.4 Å². The first-order valence-corrected chi connectivity index (χ1v) is 5.77. The second kappa shape index (κ2) is 5.41. The van der Waals surface area contributed by atoms with Gasteiger partial charge in [0.05, 0.1) is 17.5 Å². The predicted molar refractivity (Wildman–Crippen MR) is 60.9 cm³/mol. The summed E-state index contributed by atoms with van der Waals surface area (Å²) in [6.07, 6.45) is 2.40. The zero-order valence-electron chi connectivity index (χ0n) is 10.5. The van der Waals surface area contributed by atoms with Gasteiger partial charge in [0.2, 0.25) is 0 Å². The van der Waals surface area contributed by atoms with E-state index in [0.717, 1.165) is 12.8 Å². The van der Waals surface area contributed by atoms with Crippen LogP contribution >= 0.6 is 0 Å². The molecule has 5 nitrogen and oxygen atoms in total. The molecule has 0 amide bonds. The Morgan fingerprint density at radius 3 is 2.44 bits per heavy atom. The summed E-state index contributed by atoms with van der Waals surface area (Å²) < 4.78 is 7.34. The molecule has 0 aromatic carbocycles. The third-order valence-corrected chi connectivity index (χ3v) is 3.16. The Hall–Kier alpha value is -0.940. The van der Waals surface area contributed by atoms with E-state index in [1.165, 1.54) is 0 Å². The van der Waals surface area contributed by atoms with E-state index in [1.54, 1.807) is 17.9 Å². The lowest BCUT2D eigenvalue weighted by atomic mass is 9.88. The van der Waals surface area contributed by atoms with Crippen molar-refractivity contribution >= 4 is 0 Å². The van der Waals surface area contributed by atoms with E-state index in [1.807, 2.05) is 20.8 Å². The Kier molecular flexibility index (Phi) is 4.44. The standard InChI is InChI=1S/C11H21N3O2/c1-5-11(6-2,16-7-3)10(15)9-8-12-13-14(9)4/h8,10,15H,5-7H2,1-4H3. The highest BCUT2D eigenvalue weighted by molar-refractivity contribution is 5.06. The summed E-state index contributed by atoms with van der Waals surface area (Å²) in [5, 5.41) is 18.0. The van der Waals surface area contributed by atoms with Crippen molar-refractivity contribution in [1.82, 2.24) is 15.0 Å². The van der Waals surface area contributed by atoms with Crippen LogP contribution in [0.2, 0.25) is 0 Å². The Bertz CT molecular complexity index is 321. The molecular formula is C11H21N3O2. The van der Waals surface area contributed by atoms with Crippen LogP contribution in [0, 0.1) is 0 Å². The molecule has 5 heteroatoms. The van der Waals surface area contributed by atoms with E-state index >= 15 is 0 Å². The maximum absolute atomic E-state index is 10.4. The zero-order valence-corrected chi connectivity index (χ0v) is 10.5. The molecule has 0 saturated carbocycles. The number of aliphatic hydroxyl groups is 1. The summed E-state index contributed by atoms with van der Waals surface area (Å²) in [6, 6.07) is 0. The van der Waals surface area contributed by atoms with Crippen LogP contribution in [-0.2, 0) is 11.8 Å². The minimum Gasteiger partial charge on any atom is -0.384 e. The van der Waals surface area contributed by atoms with Crippen molar-refractivity contribution in [2.24, 2.45) is 7.05 Å². The molecule has 0 radical (unpaired) electrons. The minimum atomic E-state index is -0.692. The molecule has 0 aliphatic rings. The van der Waals surface area contributed by atoms with Crippen molar-refractivity contribution in [2.45, 2.75) is 45.3 Å². The average molecular weight is 227 g/mol. The topological polar surface area (TPSA) is 60.2 Å². The lowest BCUT2D eigenvalue weighted by molar-refractivity contribution is -0.129. The predicted octanol–water partition coefficient (Wildman–Crippen LogP) is 1.44. The number of aromatic nitrogens is 3. The van der Waals surface area contributed by atoms with Crippen molar-refractivity contribution in [2.75, 3.05) is 6.61 Å². The molecular weight excluding hydrogens is 206 g/mol. The third kappa shape index (κ3) is 2.25. The summed E-state index contributed by atoms with van der Waals surface area (Å²) in [5.41, 5.74) is 0.154. The number of hydrogen-bond donors (Lipinski definition) is 1. The quantitative estimate of drug-likeness (QED) is 0.799. The molecule has 1 aromatic heterocycles. The molecule has 1 unspecified atom stereocenters. The van der Waals surface area contributed by atoms with Crippen molar-refractivity contribution in [3.63, 3.8) is 0 Å². The summed E-state index contributed by atoms with van der Waals surface area (Å²) in [6.45, 7) is 6.57.